The molecule has 0 bridgehead atoms. The number of nitrogens with zero attached hydrogens (tertiary/aromatic N) is 1. The molecule has 0 aliphatic heterocycles. The summed E-state index contributed by atoms with van der Waals surface area (Å²) in [5, 5.41) is 2.91. The fourth-order valence-corrected chi connectivity index (χ4v) is 4.98. The van der Waals surface area contributed by atoms with E-state index >= 15 is 0 Å². The van der Waals surface area contributed by atoms with Crippen LogP contribution in [0, 0.1) is 0 Å². The summed E-state index contributed by atoms with van der Waals surface area (Å²) >= 11 is 0. The number of ether oxygens (including phenoxy) is 2. The van der Waals surface area contributed by atoms with Gasteiger partial charge in [0.25, 0.3) is 10.0 Å². The first kappa shape index (κ1) is 25.1. The minimum Gasteiger partial charge on any atom is -0.497 e. The minimum atomic E-state index is -4.08. The van der Waals surface area contributed by atoms with Crippen LogP contribution in [0.4, 0.5) is 5.69 Å². The number of hydrogen-bond donors (Lipinski definition) is 1. The Morgan fingerprint density at radius 3 is 2.18 bits per heavy atom. The van der Waals surface area contributed by atoms with Gasteiger partial charge in [0.2, 0.25) is 5.91 Å². The molecule has 1 atom stereocenters. The number of carbonyl (C=O) groups is 1. The maximum absolute atomic E-state index is 13.6. The zero-order chi connectivity index (χ0) is 24.7. The van der Waals surface area contributed by atoms with E-state index in [1.165, 1.54) is 31.9 Å². The van der Waals surface area contributed by atoms with E-state index in [2.05, 4.69) is 12.2 Å². The van der Waals surface area contributed by atoms with Crippen molar-refractivity contribution < 1.29 is 22.7 Å². The zero-order valence-corrected chi connectivity index (χ0v) is 20.6. The second-order valence-corrected chi connectivity index (χ2v) is 9.61. The number of methoxy groups -OCH3 is 2. The van der Waals surface area contributed by atoms with Gasteiger partial charge in [-0.3, -0.25) is 9.10 Å². The van der Waals surface area contributed by atoms with Crippen molar-refractivity contribution in [1.29, 1.82) is 0 Å². The van der Waals surface area contributed by atoms with Crippen LogP contribution in [0.15, 0.2) is 77.7 Å². The molecular formula is C26H30N2O5S. The van der Waals surface area contributed by atoms with Gasteiger partial charge >= 0.3 is 0 Å². The Kier molecular flexibility index (Phi) is 8.17. The van der Waals surface area contributed by atoms with Crippen molar-refractivity contribution in [3.63, 3.8) is 0 Å². The van der Waals surface area contributed by atoms with Crippen molar-refractivity contribution in [2.75, 3.05) is 25.1 Å². The molecule has 3 aromatic carbocycles. The first-order chi connectivity index (χ1) is 16.3. The van der Waals surface area contributed by atoms with Gasteiger partial charge in [0.1, 0.15) is 18.0 Å². The molecule has 3 aromatic rings. The molecule has 1 N–H and O–H groups in total. The highest BCUT2D eigenvalue weighted by molar-refractivity contribution is 7.92. The number of anilines is 1. The van der Waals surface area contributed by atoms with E-state index in [4.69, 9.17) is 9.47 Å². The van der Waals surface area contributed by atoms with Crippen LogP contribution in [0.1, 0.15) is 31.0 Å². The maximum Gasteiger partial charge on any atom is 0.264 e. The maximum atomic E-state index is 13.6. The molecule has 0 unspecified atom stereocenters. The van der Waals surface area contributed by atoms with Gasteiger partial charge in [0, 0.05) is 0 Å². The van der Waals surface area contributed by atoms with E-state index in [0.29, 0.717) is 11.5 Å². The lowest BCUT2D eigenvalue weighted by Crippen LogP contribution is -2.41. The molecule has 0 radical (unpaired) electrons. The van der Waals surface area contributed by atoms with E-state index in [1.807, 2.05) is 31.2 Å². The number of benzene rings is 3. The summed E-state index contributed by atoms with van der Waals surface area (Å²) < 4.78 is 38.8. The molecule has 0 saturated carbocycles. The van der Waals surface area contributed by atoms with E-state index < -0.39 is 22.5 Å². The van der Waals surface area contributed by atoms with Crippen molar-refractivity contribution in [3.8, 4) is 11.5 Å². The minimum absolute atomic E-state index is 0.0372. The molecule has 1 amide bonds. The fourth-order valence-electron chi connectivity index (χ4n) is 3.55. The highest BCUT2D eigenvalue weighted by atomic mass is 32.2. The number of rotatable bonds is 10. The normalized spacial score (nSPS) is 12.0. The topological polar surface area (TPSA) is 84.9 Å². The summed E-state index contributed by atoms with van der Waals surface area (Å²) in [6.45, 7) is 3.53. The van der Waals surface area contributed by atoms with Crippen molar-refractivity contribution in [2.24, 2.45) is 0 Å². The SMILES string of the molecule is CCc1ccc([C@H](C)NC(=O)CN(c2ccccc2OC)S(=O)(=O)c2ccc(OC)cc2)cc1. The first-order valence-electron chi connectivity index (χ1n) is 11.0. The molecule has 34 heavy (non-hydrogen) atoms. The lowest BCUT2D eigenvalue weighted by Gasteiger charge is -2.26. The molecule has 180 valence electrons. The lowest BCUT2D eigenvalue weighted by atomic mass is 10.1. The Labute approximate surface area is 201 Å². The molecule has 0 saturated heterocycles. The average molecular weight is 483 g/mol. The predicted molar refractivity (Wildman–Crippen MR) is 133 cm³/mol. The van der Waals surface area contributed by atoms with Crippen LogP contribution >= 0.6 is 0 Å². The number of amides is 1. The molecule has 0 aliphatic rings. The number of sulfonamides is 1. The first-order valence-corrected chi connectivity index (χ1v) is 12.4. The summed E-state index contributed by atoms with van der Waals surface area (Å²) in [6, 6.07) is 20.4. The van der Waals surface area contributed by atoms with Gasteiger partial charge in [-0.1, -0.05) is 43.3 Å². The van der Waals surface area contributed by atoms with Gasteiger partial charge in [0.15, 0.2) is 0 Å². The molecule has 0 aliphatic carbocycles. The Morgan fingerprint density at radius 2 is 1.59 bits per heavy atom. The van der Waals surface area contributed by atoms with Crippen molar-refractivity contribution in [3.05, 3.63) is 83.9 Å². The molecule has 0 aromatic heterocycles. The average Bonchev–Trinajstić information content (AvgIpc) is 2.87. The largest absolute Gasteiger partial charge is 0.497 e. The lowest BCUT2D eigenvalue weighted by molar-refractivity contribution is -0.120. The van der Waals surface area contributed by atoms with Crippen molar-refractivity contribution in [1.82, 2.24) is 5.32 Å². The number of hydrogen-bond acceptors (Lipinski definition) is 5. The summed E-state index contributed by atoms with van der Waals surface area (Å²) in [4.78, 5) is 13.1. The smallest absolute Gasteiger partial charge is 0.264 e. The second-order valence-electron chi connectivity index (χ2n) is 7.74. The van der Waals surface area contributed by atoms with Crippen LogP contribution < -0.4 is 19.1 Å². The Balaban J connectivity index is 1.91. The van der Waals surface area contributed by atoms with E-state index in [1.54, 1.807) is 36.4 Å². The summed E-state index contributed by atoms with van der Waals surface area (Å²) in [5.74, 6) is 0.439. The predicted octanol–water partition coefficient (Wildman–Crippen LogP) is 4.34. The highest BCUT2D eigenvalue weighted by Gasteiger charge is 2.29. The van der Waals surface area contributed by atoms with Gasteiger partial charge in [-0.15, -0.1) is 0 Å². The van der Waals surface area contributed by atoms with E-state index in [0.717, 1.165) is 16.3 Å². The van der Waals surface area contributed by atoms with Gasteiger partial charge in [0.05, 0.1) is 30.8 Å². The molecule has 8 heteroatoms. The quantitative estimate of drug-likeness (QED) is 0.465. The van der Waals surface area contributed by atoms with Crippen LogP contribution in [0.5, 0.6) is 11.5 Å². The second kappa shape index (κ2) is 11.1. The molecular weight excluding hydrogens is 452 g/mol. The van der Waals surface area contributed by atoms with E-state index in [-0.39, 0.29) is 16.6 Å². The van der Waals surface area contributed by atoms with Gasteiger partial charge < -0.3 is 14.8 Å². The van der Waals surface area contributed by atoms with E-state index in [9.17, 15) is 13.2 Å². The summed E-state index contributed by atoms with van der Waals surface area (Å²) in [5.41, 5.74) is 2.42. The van der Waals surface area contributed by atoms with Crippen molar-refractivity contribution in [2.45, 2.75) is 31.2 Å². The fraction of sp³-hybridized carbons (Fsp3) is 0.269. The Bertz CT molecular complexity index is 1210. The third kappa shape index (κ3) is 5.69. The molecule has 0 fully saturated rings. The van der Waals surface area contributed by atoms with Crippen LogP contribution in [0.3, 0.4) is 0 Å². The third-order valence-corrected chi connectivity index (χ3v) is 7.33. The molecule has 0 heterocycles. The standard InChI is InChI=1S/C26H30N2O5S/c1-5-20-10-12-21(13-11-20)19(2)27-26(29)18-28(24-8-6-7-9-25(24)33-4)34(30,31)23-16-14-22(32-3)15-17-23/h6-17,19H,5,18H2,1-4H3,(H,27,29)/t19-/m0/s1. The Morgan fingerprint density at radius 1 is 0.941 bits per heavy atom. The van der Waals surface area contributed by atoms with Crippen molar-refractivity contribution >= 4 is 21.6 Å². The van der Waals surface area contributed by atoms with Crippen LogP contribution in [0.25, 0.3) is 0 Å². The van der Waals surface area contributed by atoms with Gasteiger partial charge in [-0.05, 0) is 60.9 Å². The van der Waals surface area contributed by atoms with Crippen LogP contribution in [-0.2, 0) is 21.2 Å². The summed E-state index contributed by atoms with van der Waals surface area (Å²) in [7, 11) is -1.12. The number of nitrogens with one attached hydrogen (secondary N) is 1. The third-order valence-electron chi connectivity index (χ3n) is 5.55. The number of para-hydroxylation sites is 2. The highest BCUT2D eigenvalue weighted by Crippen LogP contribution is 2.32. The summed E-state index contributed by atoms with van der Waals surface area (Å²) in [6.07, 6.45) is 0.929. The molecule has 3 rings (SSSR count). The number of carbonyl (C=O) groups excluding carboxylic acids is 1. The van der Waals surface area contributed by atoms with Crippen LogP contribution in [-0.4, -0.2) is 35.1 Å². The van der Waals surface area contributed by atoms with Gasteiger partial charge in [-0.25, -0.2) is 8.42 Å². The zero-order valence-electron chi connectivity index (χ0n) is 19.8. The van der Waals surface area contributed by atoms with Crippen LogP contribution in [0.2, 0.25) is 0 Å². The molecule has 0 spiro atoms. The number of aryl methyl sites for hydroxylation is 1. The monoisotopic (exact) mass is 482 g/mol. The Hall–Kier alpha value is -3.52. The molecule has 7 nitrogen and oxygen atoms in total. The van der Waals surface area contributed by atoms with Gasteiger partial charge in [-0.2, -0.15) is 0 Å².